The van der Waals surface area contributed by atoms with Crippen LogP contribution >= 0.6 is 0 Å². The molecule has 5 nitrogen and oxygen atoms in total. The number of benzene rings is 1. The van der Waals surface area contributed by atoms with Crippen molar-refractivity contribution in [1.29, 1.82) is 0 Å². The van der Waals surface area contributed by atoms with Gasteiger partial charge >= 0.3 is 0 Å². The number of ether oxygens (including phenoxy) is 4. The molecule has 2 heterocycles. The lowest BCUT2D eigenvalue weighted by atomic mass is 10.00. The molecule has 0 aromatic heterocycles. The first-order chi connectivity index (χ1) is 9.96. The van der Waals surface area contributed by atoms with Crippen LogP contribution in [0, 0.1) is 0 Å². The first-order valence-electron chi connectivity index (χ1n) is 7.31. The Labute approximate surface area is 124 Å². The number of aliphatic hydroxyl groups excluding tert-OH is 1. The fourth-order valence-electron chi connectivity index (χ4n) is 2.86. The minimum Gasteiger partial charge on any atom is -0.385 e. The molecule has 21 heavy (non-hydrogen) atoms. The van der Waals surface area contributed by atoms with E-state index in [-0.39, 0.29) is 12.2 Å². The average Bonchev–Trinajstić information content (AvgIpc) is 2.79. The summed E-state index contributed by atoms with van der Waals surface area (Å²) in [7, 11) is 0. The molecule has 0 aliphatic carbocycles. The molecule has 116 valence electrons. The molecule has 0 amide bonds. The Morgan fingerprint density at radius 2 is 1.81 bits per heavy atom. The van der Waals surface area contributed by atoms with Crippen LogP contribution < -0.4 is 0 Å². The fraction of sp³-hybridized carbons (Fsp3) is 0.625. The third-order valence-corrected chi connectivity index (χ3v) is 3.85. The summed E-state index contributed by atoms with van der Waals surface area (Å²) in [5.41, 5.74) is 1.03. The normalized spacial score (nSPS) is 38.2. The predicted octanol–water partition coefficient (Wildman–Crippen LogP) is 1.83. The van der Waals surface area contributed by atoms with Crippen molar-refractivity contribution >= 4 is 0 Å². The second kappa shape index (κ2) is 5.66. The van der Waals surface area contributed by atoms with Crippen LogP contribution in [0.4, 0.5) is 0 Å². The SMILES string of the molecule is CC1O[C@H](OCc2ccccc2)[C@@H](O)C2OC(C)(C)O[C@@H]12. The van der Waals surface area contributed by atoms with E-state index in [4.69, 9.17) is 18.9 Å². The van der Waals surface area contributed by atoms with Gasteiger partial charge in [-0.3, -0.25) is 0 Å². The minimum absolute atomic E-state index is 0.194. The standard InChI is InChI=1S/C16H22O5/c1-10-13-14(21-16(2,3)20-13)12(17)15(19-10)18-9-11-7-5-4-6-8-11/h4-8,10,12-15,17H,9H2,1-3H3/t10?,12-,13-,14?,15-/m0/s1. The third-order valence-electron chi connectivity index (χ3n) is 3.85. The largest absolute Gasteiger partial charge is 0.385 e. The molecule has 1 N–H and O–H groups in total. The summed E-state index contributed by atoms with van der Waals surface area (Å²) in [6.45, 7) is 5.97. The van der Waals surface area contributed by atoms with Crippen LogP contribution in [0.3, 0.4) is 0 Å². The molecular weight excluding hydrogens is 272 g/mol. The molecule has 5 heteroatoms. The van der Waals surface area contributed by atoms with Crippen LogP contribution in [0.25, 0.3) is 0 Å². The monoisotopic (exact) mass is 294 g/mol. The van der Waals surface area contributed by atoms with E-state index in [1.165, 1.54) is 0 Å². The summed E-state index contributed by atoms with van der Waals surface area (Å²) >= 11 is 0. The highest BCUT2D eigenvalue weighted by molar-refractivity contribution is 5.13. The van der Waals surface area contributed by atoms with Gasteiger partial charge in [0, 0.05) is 0 Å². The summed E-state index contributed by atoms with van der Waals surface area (Å²) in [4.78, 5) is 0. The Balaban J connectivity index is 1.65. The summed E-state index contributed by atoms with van der Waals surface area (Å²) < 4.78 is 23.0. The van der Waals surface area contributed by atoms with Gasteiger partial charge < -0.3 is 24.1 Å². The Morgan fingerprint density at radius 1 is 1.14 bits per heavy atom. The van der Waals surface area contributed by atoms with E-state index in [0.29, 0.717) is 6.61 Å². The van der Waals surface area contributed by atoms with Gasteiger partial charge in [0.25, 0.3) is 0 Å². The van der Waals surface area contributed by atoms with Crippen LogP contribution in [0.2, 0.25) is 0 Å². The topological polar surface area (TPSA) is 57.2 Å². The van der Waals surface area contributed by atoms with Gasteiger partial charge in [0.2, 0.25) is 0 Å². The lowest BCUT2D eigenvalue weighted by Gasteiger charge is -2.38. The van der Waals surface area contributed by atoms with Gasteiger partial charge in [0.05, 0.1) is 12.7 Å². The Bertz CT molecular complexity index is 475. The average molecular weight is 294 g/mol. The quantitative estimate of drug-likeness (QED) is 0.921. The van der Waals surface area contributed by atoms with Crippen molar-refractivity contribution in [2.45, 2.75) is 63.9 Å². The highest BCUT2D eigenvalue weighted by atomic mass is 16.8. The number of aliphatic hydroxyl groups is 1. The van der Waals surface area contributed by atoms with E-state index in [0.717, 1.165) is 5.56 Å². The highest BCUT2D eigenvalue weighted by Gasteiger charge is 2.53. The molecule has 2 fully saturated rings. The van der Waals surface area contributed by atoms with E-state index < -0.39 is 24.3 Å². The molecule has 5 atom stereocenters. The van der Waals surface area contributed by atoms with Crippen molar-refractivity contribution in [3.8, 4) is 0 Å². The van der Waals surface area contributed by atoms with Crippen molar-refractivity contribution in [1.82, 2.24) is 0 Å². The van der Waals surface area contributed by atoms with Crippen molar-refractivity contribution in [2.24, 2.45) is 0 Å². The van der Waals surface area contributed by atoms with Crippen LogP contribution in [-0.4, -0.2) is 41.6 Å². The fourth-order valence-corrected chi connectivity index (χ4v) is 2.86. The molecule has 0 saturated carbocycles. The molecule has 0 radical (unpaired) electrons. The molecule has 1 aromatic rings. The maximum Gasteiger partial charge on any atom is 0.186 e. The highest BCUT2D eigenvalue weighted by Crippen LogP contribution is 2.37. The Hall–Kier alpha value is -0.980. The number of fused-ring (bicyclic) bond motifs is 1. The molecule has 2 aliphatic heterocycles. The van der Waals surface area contributed by atoms with Crippen molar-refractivity contribution in [2.75, 3.05) is 0 Å². The van der Waals surface area contributed by atoms with Crippen molar-refractivity contribution in [3.63, 3.8) is 0 Å². The molecule has 2 aliphatic rings. The predicted molar refractivity (Wildman–Crippen MR) is 75.4 cm³/mol. The van der Waals surface area contributed by atoms with E-state index in [2.05, 4.69) is 0 Å². The first-order valence-corrected chi connectivity index (χ1v) is 7.31. The van der Waals surface area contributed by atoms with Crippen molar-refractivity contribution < 1.29 is 24.1 Å². The number of hydrogen-bond donors (Lipinski definition) is 1. The second-order valence-corrected chi connectivity index (χ2v) is 6.06. The zero-order chi connectivity index (χ0) is 15.0. The lowest BCUT2D eigenvalue weighted by molar-refractivity contribution is -0.277. The maximum absolute atomic E-state index is 10.4. The molecule has 0 spiro atoms. The zero-order valence-electron chi connectivity index (χ0n) is 12.6. The molecular formula is C16H22O5. The van der Waals surface area contributed by atoms with Gasteiger partial charge in [-0.15, -0.1) is 0 Å². The van der Waals surface area contributed by atoms with Crippen LogP contribution in [0.15, 0.2) is 30.3 Å². The van der Waals surface area contributed by atoms with E-state index in [9.17, 15) is 5.11 Å². The van der Waals surface area contributed by atoms with Gasteiger partial charge in [-0.25, -0.2) is 0 Å². The van der Waals surface area contributed by atoms with Crippen LogP contribution in [-0.2, 0) is 25.6 Å². The third kappa shape index (κ3) is 3.12. The first kappa shape index (κ1) is 14.9. The maximum atomic E-state index is 10.4. The second-order valence-electron chi connectivity index (χ2n) is 6.06. The number of rotatable bonds is 3. The minimum atomic E-state index is -0.864. The van der Waals surface area contributed by atoms with Crippen LogP contribution in [0.1, 0.15) is 26.3 Å². The van der Waals surface area contributed by atoms with Gasteiger partial charge in [-0.05, 0) is 26.3 Å². The summed E-state index contributed by atoms with van der Waals surface area (Å²) in [5.74, 6) is -0.706. The van der Waals surface area contributed by atoms with E-state index >= 15 is 0 Å². The molecule has 0 bridgehead atoms. The summed E-state index contributed by atoms with van der Waals surface area (Å²) in [6.07, 6.45) is -2.47. The summed E-state index contributed by atoms with van der Waals surface area (Å²) in [5, 5.41) is 10.4. The summed E-state index contributed by atoms with van der Waals surface area (Å²) in [6, 6.07) is 9.80. The molecule has 1 aromatic carbocycles. The van der Waals surface area contributed by atoms with Gasteiger partial charge in [-0.2, -0.15) is 0 Å². The Kier molecular flexibility index (Phi) is 4.03. The van der Waals surface area contributed by atoms with E-state index in [1.807, 2.05) is 51.1 Å². The smallest absolute Gasteiger partial charge is 0.186 e. The molecule has 3 rings (SSSR count). The molecule has 2 saturated heterocycles. The van der Waals surface area contributed by atoms with Gasteiger partial charge in [0.15, 0.2) is 12.1 Å². The van der Waals surface area contributed by atoms with Gasteiger partial charge in [-0.1, -0.05) is 30.3 Å². The van der Waals surface area contributed by atoms with Crippen molar-refractivity contribution in [3.05, 3.63) is 35.9 Å². The van der Waals surface area contributed by atoms with Crippen LogP contribution in [0.5, 0.6) is 0 Å². The van der Waals surface area contributed by atoms with Gasteiger partial charge in [0.1, 0.15) is 18.3 Å². The lowest BCUT2D eigenvalue weighted by Crippen LogP contribution is -2.55. The molecule has 2 unspecified atom stereocenters. The Morgan fingerprint density at radius 3 is 2.52 bits per heavy atom. The number of hydrogen-bond acceptors (Lipinski definition) is 5. The van der Waals surface area contributed by atoms with E-state index in [1.54, 1.807) is 0 Å². The zero-order valence-corrected chi connectivity index (χ0v) is 12.6.